The maximum atomic E-state index is 13.3. The largest absolute Gasteiger partial charge is 0.388 e. The van der Waals surface area contributed by atoms with Gasteiger partial charge >= 0.3 is 0 Å². The number of carbonyl (C=O) groups is 1. The van der Waals surface area contributed by atoms with Crippen molar-refractivity contribution >= 4 is 5.78 Å². The van der Waals surface area contributed by atoms with Gasteiger partial charge < -0.3 is 10.2 Å². The molecule has 118 valence electrons. The number of hydrogen-bond donors (Lipinski definition) is 2. The maximum absolute atomic E-state index is 13.3. The summed E-state index contributed by atoms with van der Waals surface area (Å²) in [5, 5.41) is 21.5. The van der Waals surface area contributed by atoms with Crippen molar-refractivity contribution in [2.75, 3.05) is 0 Å². The molecule has 0 aromatic heterocycles. The van der Waals surface area contributed by atoms with Crippen molar-refractivity contribution in [3.63, 3.8) is 0 Å². The lowest BCUT2D eigenvalue weighted by atomic mass is 9.62. The van der Waals surface area contributed by atoms with E-state index in [1.165, 1.54) is 0 Å². The van der Waals surface area contributed by atoms with Gasteiger partial charge in [0.05, 0.1) is 17.6 Å². The topological polar surface area (TPSA) is 57.5 Å². The van der Waals surface area contributed by atoms with E-state index in [4.69, 9.17) is 0 Å². The molecule has 0 heterocycles. The first kappa shape index (κ1) is 16.4. The van der Waals surface area contributed by atoms with Crippen LogP contribution in [0.4, 0.5) is 0 Å². The molecule has 2 fully saturated rings. The summed E-state index contributed by atoms with van der Waals surface area (Å²) < 4.78 is 0. The molecule has 0 aromatic rings. The lowest BCUT2D eigenvalue weighted by molar-refractivity contribution is -0.151. The molecule has 3 nitrogen and oxygen atoms in total. The second-order valence-electron chi connectivity index (χ2n) is 7.35. The first-order chi connectivity index (χ1) is 9.71. The molecule has 0 aliphatic heterocycles. The summed E-state index contributed by atoms with van der Waals surface area (Å²) >= 11 is 0. The van der Waals surface area contributed by atoms with E-state index in [0.29, 0.717) is 0 Å². The molecule has 4 unspecified atom stereocenters. The lowest BCUT2D eigenvalue weighted by Crippen LogP contribution is -2.55. The average molecular weight is 292 g/mol. The van der Waals surface area contributed by atoms with Crippen LogP contribution in [0.5, 0.6) is 0 Å². The standard InChI is InChI=1S/C18H28O3/c1-6-8-13(19)18(14(20)9-7-2)12-10-11-17(5,15(18)21)16(12,3)4/h6-9,12-14,19-20H,10-11H2,1-5H3. The lowest BCUT2D eigenvalue weighted by Gasteiger charge is -2.43. The summed E-state index contributed by atoms with van der Waals surface area (Å²) in [7, 11) is 0. The van der Waals surface area contributed by atoms with Gasteiger partial charge in [-0.25, -0.2) is 0 Å². The second-order valence-corrected chi connectivity index (χ2v) is 7.35. The molecule has 0 amide bonds. The van der Waals surface area contributed by atoms with E-state index < -0.39 is 23.0 Å². The van der Waals surface area contributed by atoms with Gasteiger partial charge in [0.1, 0.15) is 0 Å². The minimum absolute atomic E-state index is 0.0140. The normalized spacial score (nSPS) is 41.3. The zero-order valence-corrected chi connectivity index (χ0v) is 13.8. The number of rotatable bonds is 4. The minimum Gasteiger partial charge on any atom is -0.388 e. The molecule has 0 saturated heterocycles. The monoisotopic (exact) mass is 292 g/mol. The predicted octanol–water partition coefficient (Wildman–Crippen LogP) is 2.87. The third-order valence-electron chi connectivity index (χ3n) is 6.43. The Kier molecular flexibility index (Phi) is 3.96. The van der Waals surface area contributed by atoms with Gasteiger partial charge in [-0.15, -0.1) is 0 Å². The van der Waals surface area contributed by atoms with Crippen molar-refractivity contribution in [3.05, 3.63) is 24.3 Å². The first-order valence-corrected chi connectivity index (χ1v) is 7.88. The van der Waals surface area contributed by atoms with Crippen LogP contribution in [0.25, 0.3) is 0 Å². The van der Waals surface area contributed by atoms with E-state index in [2.05, 4.69) is 13.8 Å². The highest BCUT2D eigenvalue weighted by Crippen LogP contribution is 2.71. The van der Waals surface area contributed by atoms with Crippen LogP contribution in [-0.2, 0) is 4.79 Å². The highest BCUT2D eigenvalue weighted by atomic mass is 16.3. The van der Waals surface area contributed by atoms with Crippen molar-refractivity contribution in [2.24, 2.45) is 22.2 Å². The van der Waals surface area contributed by atoms with Crippen molar-refractivity contribution in [1.29, 1.82) is 0 Å². The van der Waals surface area contributed by atoms with E-state index >= 15 is 0 Å². The fraction of sp³-hybridized carbons (Fsp3) is 0.722. The van der Waals surface area contributed by atoms with Crippen LogP contribution < -0.4 is 0 Å². The zero-order chi connectivity index (χ0) is 16.1. The van der Waals surface area contributed by atoms with Gasteiger partial charge in [-0.3, -0.25) is 4.79 Å². The summed E-state index contributed by atoms with van der Waals surface area (Å²) in [5.74, 6) is 0.00681. The number of ketones is 1. The van der Waals surface area contributed by atoms with Gasteiger partial charge in [0.15, 0.2) is 5.78 Å². The van der Waals surface area contributed by atoms with Crippen LogP contribution in [0.3, 0.4) is 0 Å². The van der Waals surface area contributed by atoms with Crippen LogP contribution in [-0.4, -0.2) is 28.2 Å². The molecule has 3 heteroatoms. The van der Waals surface area contributed by atoms with Crippen LogP contribution >= 0.6 is 0 Å². The molecule has 2 aliphatic carbocycles. The number of allylic oxidation sites excluding steroid dienone is 2. The Morgan fingerprint density at radius 1 is 1.10 bits per heavy atom. The maximum Gasteiger partial charge on any atom is 0.151 e. The molecule has 4 atom stereocenters. The number of Topliss-reactive ketones (excluding diaryl/α,β-unsaturated/α-hetero) is 1. The smallest absolute Gasteiger partial charge is 0.151 e. The summed E-state index contributed by atoms with van der Waals surface area (Å²) in [6.45, 7) is 9.86. The number of hydrogen-bond acceptors (Lipinski definition) is 3. The number of aliphatic hydroxyl groups excluding tert-OH is 2. The second kappa shape index (κ2) is 5.06. The van der Waals surface area contributed by atoms with Crippen LogP contribution in [0.2, 0.25) is 0 Å². The molecule has 2 aliphatic rings. The molecule has 2 rings (SSSR count). The fourth-order valence-electron chi connectivity index (χ4n) is 4.92. The Bertz CT molecular complexity index is 471. The van der Waals surface area contributed by atoms with Gasteiger partial charge in [0.25, 0.3) is 0 Å². The van der Waals surface area contributed by atoms with Crippen molar-refractivity contribution in [1.82, 2.24) is 0 Å². The fourth-order valence-corrected chi connectivity index (χ4v) is 4.92. The highest BCUT2D eigenvalue weighted by molar-refractivity contribution is 5.96. The quantitative estimate of drug-likeness (QED) is 0.783. The third kappa shape index (κ3) is 1.77. The van der Waals surface area contributed by atoms with Gasteiger partial charge in [0.2, 0.25) is 0 Å². The minimum atomic E-state index is -1.12. The van der Waals surface area contributed by atoms with E-state index in [0.717, 1.165) is 12.8 Å². The number of fused-ring (bicyclic) bond motifs is 2. The van der Waals surface area contributed by atoms with E-state index in [9.17, 15) is 15.0 Å². The van der Waals surface area contributed by atoms with Crippen molar-refractivity contribution in [2.45, 2.75) is 59.7 Å². The van der Waals surface area contributed by atoms with Gasteiger partial charge in [-0.05, 0) is 38.0 Å². The van der Waals surface area contributed by atoms with Gasteiger partial charge in [-0.2, -0.15) is 0 Å². The van der Waals surface area contributed by atoms with Crippen LogP contribution in [0.15, 0.2) is 24.3 Å². The number of carbonyl (C=O) groups excluding carboxylic acids is 1. The average Bonchev–Trinajstić information content (AvgIpc) is 2.71. The number of aliphatic hydroxyl groups is 2. The zero-order valence-electron chi connectivity index (χ0n) is 13.8. The Hall–Kier alpha value is -0.930. The van der Waals surface area contributed by atoms with E-state index in [1.807, 2.05) is 20.8 Å². The molecule has 0 aromatic carbocycles. The SMILES string of the molecule is CC=CC(O)C1(C(O)C=CC)C(=O)C2(C)CCC1C2(C)C. The van der Waals surface area contributed by atoms with Crippen LogP contribution in [0, 0.1) is 22.2 Å². The van der Waals surface area contributed by atoms with Crippen molar-refractivity contribution < 1.29 is 15.0 Å². The summed E-state index contributed by atoms with van der Waals surface area (Å²) in [6.07, 6.45) is 6.61. The summed E-state index contributed by atoms with van der Waals surface area (Å²) in [5.41, 5.74) is -1.80. The van der Waals surface area contributed by atoms with Crippen molar-refractivity contribution in [3.8, 4) is 0 Å². The van der Waals surface area contributed by atoms with Gasteiger partial charge in [0, 0.05) is 5.41 Å². The Morgan fingerprint density at radius 3 is 1.90 bits per heavy atom. The summed E-state index contributed by atoms with van der Waals surface area (Å²) in [4.78, 5) is 13.3. The molecule has 21 heavy (non-hydrogen) atoms. The molecule has 0 spiro atoms. The Labute approximate surface area is 127 Å². The molecule has 2 N–H and O–H groups in total. The summed E-state index contributed by atoms with van der Waals surface area (Å²) in [6, 6.07) is 0. The van der Waals surface area contributed by atoms with Crippen LogP contribution in [0.1, 0.15) is 47.5 Å². The predicted molar refractivity (Wildman–Crippen MR) is 83.7 cm³/mol. The Balaban J connectivity index is 2.65. The van der Waals surface area contributed by atoms with E-state index in [-0.39, 0.29) is 17.1 Å². The van der Waals surface area contributed by atoms with E-state index in [1.54, 1.807) is 24.3 Å². The molecule has 0 radical (unpaired) electrons. The Morgan fingerprint density at radius 2 is 1.57 bits per heavy atom. The molecular weight excluding hydrogens is 264 g/mol. The molecular formula is C18H28O3. The highest BCUT2D eigenvalue weighted by Gasteiger charge is 2.76. The molecule has 2 bridgehead atoms. The first-order valence-electron chi connectivity index (χ1n) is 7.88. The third-order valence-corrected chi connectivity index (χ3v) is 6.43. The molecule has 2 saturated carbocycles. The van der Waals surface area contributed by atoms with Gasteiger partial charge in [-0.1, -0.05) is 45.1 Å².